The largest absolute Gasteiger partial charge is 0.392 e. The average Bonchev–Trinajstić information content (AvgIpc) is 2.46. The van der Waals surface area contributed by atoms with E-state index < -0.39 is 11.5 Å². The van der Waals surface area contributed by atoms with E-state index in [9.17, 15) is 9.90 Å². The highest BCUT2D eigenvalue weighted by Gasteiger charge is 2.41. The van der Waals surface area contributed by atoms with Gasteiger partial charge in [0.05, 0.1) is 11.5 Å². The first kappa shape index (κ1) is 14.0. The van der Waals surface area contributed by atoms with E-state index >= 15 is 0 Å². The van der Waals surface area contributed by atoms with Crippen molar-refractivity contribution in [3.8, 4) is 0 Å². The molecule has 4 nitrogen and oxygen atoms in total. The SMILES string of the molecule is CC(O)CNC(=O)C1(c2ccccc2)CCOCC1. The Morgan fingerprint density at radius 1 is 1.37 bits per heavy atom. The lowest BCUT2D eigenvalue weighted by molar-refractivity contribution is -0.130. The van der Waals surface area contributed by atoms with Crippen LogP contribution in [0.15, 0.2) is 30.3 Å². The van der Waals surface area contributed by atoms with Gasteiger partial charge in [-0.05, 0) is 25.3 Å². The third kappa shape index (κ3) is 3.14. The summed E-state index contributed by atoms with van der Waals surface area (Å²) in [6.45, 7) is 3.14. The second kappa shape index (κ2) is 6.17. The summed E-state index contributed by atoms with van der Waals surface area (Å²) in [6, 6.07) is 9.84. The second-order valence-corrected chi connectivity index (χ2v) is 5.12. The summed E-state index contributed by atoms with van der Waals surface area (Å²) in [5, 5.41) is 12.2. The van der Waals surface area contributed by atoms with Crippen LogP contribution in [0.5, 0.6) is 0 Å². The van der Waals surface area contributed by atoms with Crippen molar-refractivity contribution in [3.05, 3.63) is 35.9 Å². The number of nitrogens with one attached hydrogen (secondary N) is 1. The van der Waals surface area contributed by atoms with Crippen LogP contribution in [0.2, 0.25) is 0 Å². The van der Waals surface area contributed by atoms with Crippen molar-refractivity contribution in [1.29, 1.82) is 0 Å². The lowest BCUT2D eigenvalue weighted by Crippen LogP contribution is -2.49. The molecule has 1 aromatic rings. The Kier molecular flexibility index (Phi) is 4.56. The molecule has 1 unspecified atom stereocenters. The zero-order valence-electron chi connectivity index (χ0n) is 11.3. The highest BCUT2D eigenvalue weighted by molar-refractivity contribution is 5.88. The molecule has 0 bridgehead atoms. The molecular formula is C15H21NO3. The normalized spacial score (nSPS) is 19.7. The van der Waals surface area contributed by atoms with Crippen molar-refractivity contribution in [2.75, 3.05) is 19.8 Å². The molecule has 2 rings (SSSR count). The number of aliphatic hydroxyl groups is 1. The number of benzene rings is 1. The summed E-state index contributed by atoms with van der Waals surface area (Å²) in [5.41, 5.74) is 0.510. The van der Waals surface area contributed by atoms with Crippen LogP contribution in [0.4, 0.5) is 0 Å². The molecule has 1 aliphatic heterocycles. The predicted octanol–water partition coefficient (Wildman–Crippen LogP) is 1.23. The molecule has 2 N–H and O–H groups in total. The zero-order valence-corrected chi connectivity index (χ0v) is 11.3. The molecule has 1 atom stereocenters. The first-order valence-corrected chi connectivity index (χ1v) is 6.75. The van der Waals surface area contributed by atoms with Gasteiger partial charge in [0, 0.05) is 19.8 Å². The Labute approximate surface area is 113 Å². The Bertz CT molecular complexity index is 411. The minimum atomic E-state index is -0.531. The van der Waals surface area contributed by atoms with E-state index in [-0.39, 0.29) is 12.5 Å². The molecule has 104 valence electrons. The standard InChI is InChI=1S/C15H21NO3/c1-12(17)11-16-14(18)15(7-9-19-10-8-15)13-5-3-2-4-6-13/h2-6,12,17H,7-11H2,1H3,(H,16,18). The van der Waals surface area contributed by atoms with Crippen LogP contribution < -0.4 is 5.32 Å². The number of carbonyl (C=O) groups excluding carboxylic acids is 1. The molecule has 1 fully saturated rings. The van der Waals surface area contributed by atoms with E-state index in [4.69, 9.17) is 4.74 Å². The van der Waals surface area contributed by atoms with E-state index in [2.05, 4.69) is 5.32 Å². The summed E-state index contributed by atoms with van der Waals surface area (Å²) in [6.07, 6.45) is 0.835. The Morgan fingerprint density at radius 3 is 2.58 bits per heavy atom. The molecule has 1 saturated heterocycles. The summed E-state index contributed by atoms with van der Waals surface area (Å²) in [5.74, 6) is -0.0112. The maximum atomic E-state index is 12.5. The van der Waals surface area contributed by atoms with E-state index in [0.29, 0.717) is 26.1 Å². The quantitative estimate of drug-likeness (QED) is 0.859. The molecule has 0 spiro atoms. The lowest BCUT2D eigenvalue weighted by Gasteiger charge is -2.36. The fourth-order valence-corrected chi connectivity index (χ4v) is 2.53. The summed E-state index contributed by atoms with van der Waals surface area (Å²) in [7, 11) is 0. The molecule has 4 heteroatoms. The van der Waals surface area contributed by atoms with Crippen molar-refractivity contribution in [3.63, 3.8) is 0 Å². The number of carbonyl (C=O) groups is 1. The van der Waals surface area contributed by atoms with Gasteiger partial charge in [0.2, 0.25) is 5.91 Å². The molecule has 1 amide bonds. The average molecular weight is 263 g/mol. The fraction of sp³-hybridized carbons (Fsp3) is 0.533. The molecule has 0 saturated carbocycles. The van der Waals surface area contributed by atoms with Gasteiger partial charge >= 0.3 is 0 Å². The first-order valence-electron chi connectivity index (χ1n) is 6.75. The lowest BCUT2D eigenvalue weighted by atomic mass is 9.73. The molecule has 1 aromatic carbocycles. The number of ether oxygens (including phenoxy) is 1. The van der Waals surface area contributed by atoms with Crippen molar-refractivity contribution in [2.24, 2.45) is 0 Å². The maximum Gasteiger partial charge on any atom is 0.230 e. The summed E-state index contributed by atoms with van der Waals surface area (Å²) >= 11 is 0. The van der Waals surface area contributed by atoms with Gasteiger partial charge < -0.3 is 15.2 Å². The van der Waals surface area contributed by atoms with Crippen LogP contribution in [0.3, 0.4) is 0 Å². The van der Waals surface area contributed by atoms with E-state index in [1.807, 2.05) is 30.3 Å². The molecule has 0 aromatic heterocycles. The Morgan fingerprint density at radius 2 is 2.00 bits per heavy atom. The van der Waals surface area contributed by atoms with Gasteiger partial charge in [-0.1, -0.05) is 30.3 Å². The van der Waals surface area contributed by atoms with Gasteiger partial charge in [-0.25, -0.2) is 0 Å². The molecular weight excluding hydrogens is 242 g/mol. The number of amides is 1. The van der Waals surface area contributed by atoms with Gasteiger partial charge in [-0.2, -0.15) is 0 Å². The minimum absolute atomic E-state index is 0.0112. The van der Waals surface area contributed by atoms with Gasteiger partial charge in [-0.3, -0.25) is 4.79 Å². The predicted molar refractivity (Wildman–Crippen MR) is 72.9 cm³/mol. The van der Waals surface area contributed by atoms with Crippen LogP contribution in [0.1, 0.15) is 25.3 Å². The maximum absolute atomic E-state index is 12.5. The van der Waals surface area contributed by atoms with E-state index in [0.717, 1.165) is 5.56 Å². The zero-order chi connectivity index (χ0) is 13.7. The monoisotopic (exact) mass is 263 g/mol. The van der Waals surface area contributed by atoms with Crippen molar-refractivity contribution in [2.45, 2.75) is 31.3 Å². The number of rotatable bonds is 4. The molecule has 19 heavy (non-hydrogen) atoms. The smallest absolute Gasteiger partial charge is 0.230 e. The van der Waals surface area contributed by atoms with Crippen LogP contribution >= 0.6 is 0 Å². The number of hydrogen-bond acceptors (Lipinski definition) is 3. The Balaban J connectivity index is 2.22. The van der Waals surface area contributed by atoms with Crippen molar-refractivity contribution < 1.29 is 14.6 Å². The van der Waals surface area contributed by atoms with Crippen LogP contribution in [0, 0.1) is 0 Å². The third-order valence-electron chi connectivity index (χ3n) is 3.67. The Hall–Kier alpha value is -1.39. The van der Waals surface area contributed by atoms with Gasteiger partial charge in [-0.15, -0.1) is 0 Å². The fourth-order valence-electron chi connectivity index (χ4n) is 2.53. The first-order chi connectivity index (χ1) is 9.15. The molecule has 1 heterocycles. The summed E-state index contributed by atoms with van der Waals surface area (Å²) in [4.78, 5) is 12.5. The van der Waals surface area contributed by atoms with E-state index in [1.54, 1.807) is 6.92 Å². The summed E-state index contributed by atoms with van der Waals surface area (Å²) < 4.78 is 5.39. The highest BCUT2D eigenvalue weighted by Crippen LogP contribution is 2.35. The minimum Gasteiger partial charge on any atom is -0.392 e. The van der Waals surface area contributed by atoms with Crippen LogP contribution in [0.25, 0.3) is 0 Å². The molecule has 0 radical (unpaired) electrons. The topological polar surface area (TPSA) is 58.6 Å². The van der Waals surface area contributed by atoms with Crippen molar-refractivity contribution in [1.82, 2.24) is 5.32 Å². The van der Waals surface area contributed by atoms with Gasteiger partial charge in [0.15, 0.2) is 0 Å². The van der Waals surface area contributed by atoms with Crippen molar-refractivity contribution >= 4 is 5.91 Å². The van der Waals surface area contributed by atoms with E-state index in [1.165, 1.54) is 0 Å². The van der Waals surface area contributed by atoms with Gasteiger partial charge in [0.25, 0.3) is 0 Å². The molecule has 0 aliphatic carbocycles. The second-order valence-electron chi connectivity index (χ2n) is 5.12. The highest BCUT2D eigenvalue weighted by atomic mass is 16.5. The van der Waals surface area contributed by atoms with Crippen LogP contribution in [-0.2, 0) is 14.9 Å². The third-order valence-corrected chi connectivity index (χ3v) is 3.67. The van der Waals surface area contributed by atoms with Gasteiger partial charge in [0.1, 0.15) is 0 Å². The number of hydrogen-bond donors (Lipinski definition) is 2. The number of aliphatic hydroxyl groups excluding tert-OH is 1. The molecule has 1 aliphatic rings. The van der Waals surface area contributed by atoms with Crippen LogP contribution in [-0.4, -0.2) is 36.9 Å².